The number of rotatable bonds is 5. The molecule has 5 heteroatoms. The van der Waals surface area contributed by atoms with Gasteiger partial charge in [-0.25, -0.2) is 0 Å². The average molecular weight is 487 g/mol. The Labute approximate surface area is 214 Å². The van der Waals surface area contributed by atoms with Crippen molar-refractivity contribution in [3.05, 3.63) is 88.7 Å². The standard InChI is InChI=1S/C31H38N2O3/c1-21(34)27(32-28(35)20-31(2,3)4)19-29(36)33-17-15-24(16-18-33)30-25-11-7-5-9-22(25)13-14-23-10-6-8-12-26(23)30/h5-12,27,34H,1,13-20H2,2-4H3,(H,32,35). The number of likely N-dealkylation sites (tertiary alicyclic amines) is 1. The van der Waals surface area contributed by atoms with Crippen LogP contribution >= 0.6 is 0 Å². The number of aliphatic hydroxyl groups excluding tert-OH is 1. The molecule has 190 valence electrons. The van der Waals surface area contributed by atoms with E-state index >= 15 is 0 Å². The highest BCUT2D eigenvalue weighted by Gasteiger charge is 2.28. The number of carbonyl (C=O) groups is 2. The molecule has 2 amide bonds. The summed E-state index contributed by atoms with van der Waals surface area (Å²) in [5, 5.41) is 12.8. The van der Waals surface area contributed by atoms with E-state index in [4.69, 9.17) is 0 Å². The third-order valence-electron chi connectivity index (χ3n) is 7.12. The molecule has 1 unspecified atom stereocenters. The van der Waals surface area contributed by atoms with Crippen molar-refractivity contribution in [2.24, 2.45) is 5.41 Å². The van der Waals surface area contributed by atoms with Crippen LogP contribution in [0.15, 0.2) is 66.4 Å². The highest BCUT2D eigenvalue weighted by atomic mass is 16.3. The summed E-state index contributed by atoms with van der Waals surface area (Å²) in [5.41, 5.74) is 7.94. The number of amides is 2. The number of nitrogens with zero attached hydrogens (tertiary/aromatic N) is 1. The number of carbonyl (C=O) groups excluding carboxylic acids is 2. The Bertz CT molecular complexity index is 1130. The predicted octanol–water partition coefficient (Wildman–Crippen LogP) is 5.59. The molecule has 36 heavy (non-hydrogen) atoms. The molecule has 2 aliphatic rings. The highest BCUT2D eigenvalue weighted by molar-refractivity contribution is 5.86. The van der Waals surface area contributed by atoms with E-state index in [1.807, 2.05) is 25.7 Å². The minimum atomic E-state index is -0.771. The first-order chi connectivity index (χ1) is 17.1. The maximum atomic E-state index is 13.1. The second-order valence-corrected chi connectivity index (χ2v) is 11.2. The van der Waals surface area contributed by atoms with E-state index in [1.54, 1.807) is 0 Å². The maximum Gasteiger partial charge on any atom is 0.225 e. The molecule has 5 nitrogen and oxygen atoms in total. The number of nitrogens with one attached hydrogen (secondary N) is 1. The van der Waals surface area contributed by atoms with Crippen LogP contribution in [0.2, 0.25) is 0 Å². The summed E-state index contributed by atoms with van der Waals surface area (Å²) in [5.74, 6) is -0.444. The van der Waals surface area contributed by atoms with Crippen molar-refractivity contribution in [1.29, 1.82) is 0 Å². The molecule has 0 radical (unpaired) electrons. The molecule has 1 aliphatic heterocycles. The summed E-state index contributed by atoms with van der Waals surface area (Å²) in [6.45, 7) is 10.8. The van der Waals surface area contributed by atoms with Gasteiger partial charge in [0.2, 0.25) is 11.8 Å². The van der Waals surface area contributed by atoms with Gasteiger partial charge in [0, 0.05) is 19.5 Å². The van der Waals surface area contributed by atoms with Gasteiger partial charge < -0.3 is 15.3 Å². The van der Waals surface area contributed by atoms with Gasteiger partial charge in [-0.3, -0.25) is 9.59 Å². The molecule has 4 rings (SSSR count). The van der Waals surface area contributed by atoms with Crippen molar-refractivity contribution in [1.82, 2.24) is 10.2 Å². The fourth-order valence-electron chi connectivity index (χ4n) is 5.32. The quantitative estimate of drug-likeness (QED) is 0.541. The third-order valence-corrected chi connectivity index (χ3v) is 7.12. The Morgan fingerprint density at radius 1 is 0.944 bits per heavy atom. The van der Waals surface area contributed by atoms with Gasteiger partial charge in [-0.05, 0) is 58.9 Å². The molecule has 2 N–H and O–H groups in total. The predicted molar refractivity (Wildman–Crippen MR) is 145 cm³/mol. The second-order valence-electron chi connectivity index (χ2n) is 11.2. The molecule has 1 saturated heterocycles. The van der Waals surface area contributed by atoms with Crippen LogP contribution in [0, 0.1) is 5.41 Å². The van der Waals surface area contributed by atoms with Crippen LogP contribution in [0.5, 0.6) is 0 Å². The van der Waals surface area contributed by atoms with E-state index in [2.05, 4.69) is 60.4 Å². The van der Waals surface area contributed by atoms with E-state index in [0.29, 0.717) is 19.5 Å². The van der Waals surface area contributed by atoms with Crippen molar-refractivity contribution in [3.8, 4) is 0 Å². The third kappa shape index (κ3) is 6.07. The monoisotopic (exact) mass is 486 g/mol. The average Bonchev–Trinajstić information content (AvgIpc) is 2.99. The van der Waals surface area contributed by atoms with Gasteiger partial charge in [-0.15, -0.1) is 0 Å². The van der Waals surface area contributed by atoms with Crippen LogP contribution in [-0.4, -0.2) is 41.0 Å². The van der Waals surface area contributed by atoms with Gasteiger partial charge in [0.15, 0.2) is 0 Å². The van der Waals surface area contributed by atoms with Crippen LogP contribution in [0.3, 0.4) is 0 Å². The number of hydrogen-bond acceptors (Lipinski definition) is 3. The molecule has 1 heterocycles. The molecule has 0 saturated carbocycles. The van der Waals surface area contributed by atoms with E-state index in [9.17, 15) is 14.7 Å². The lowest BCUT2D eigenvalue weighted by Gasteiger charge is -2.32. The Morgan fingerprint density at radius 2 is 1.47 bits per heavy atom. The number of hydrogen-bond donors (Lipinski definition) is 2. The molecule has 1 aliphatic carbocycles. The first-order valence-electron chi connectivity index (χ1n) is 13.0. The fourth-order valence-corrected chi connectivity index (χ4v) is 5.32. The molecule has 1 fully saturated rings. The molecule has 2 aromatic carbocycles. The summed E-state index contributed by atoms with van der Waals surface area (Å²) in [4.78, 5) is 27.4. The normalized spacial score (nSPS) is 16.5. The van der Waals surface area contributed by atoms with Crippen LogP contribution < -0.4 is 5.32 Å². The van der Waals surface area contributed by atoms with Crippen LogP contribution in [-0.2, 0) is 22.4 Å². The zero-order chi connectivity index (χ0) is 25.9. The number of aryl methyl sites for hydroxylation is 2. The van der Waals surface area contributed by atoms with Gasteiger partial charge in [0.1, 0.15) is 5.76 Å². The minimum absolute atomic E-state index is 0.0167. The van der Waals surface area contributed by atoms with Crippen LogP contribution in [0.1, 0.15) is 68.7 Å². The molecular weight excluding hydrogens is 448 g/mol. The Hall–Kier alpha value is -3.34. The van der Waals surface area contributed by atoms with E-state index in [-0.39, 0.29) is 29.4 Å². The largest absolute Gasteiger partial charge is 0.511 e. The van der Waals surface area contributed by atoms with Gasteiger partial charge in [0.05, 0.1) is 12.5 Å². The molecular formula is C31H38N2O3. The summed E-state index contributed by atoms with van der Waals surface area (Å²) >= 11 is 0. The summed E-state index contributed by atoms with van der Waals surface area (Å²) in [6, 6.07) is 16.6. The van der Waals surface area contributed by atoms with Crippen molar-refractivity contribution in [3.63, 3.8) is 0 Å². The lowest BCUT2D eigenvalue weighted by Crippen LogP contribution is -2.44. The number of benzene rings is 2. The lowest BCUT2D eigenvalue weighted by molar-refractivity contribution is -0.132. The Kier molecular flexibility index (Phi) is 7.67. The van der Waals surface area contributed by atoms with Crippen LogP contribution in [0.4, 0.5) is 0 Å². The van der Waals surface area contributed by atoms with E-state index < -0.39 is 6.04 Å². The molecule has 0 bridgehead atoms. The SMILES string of the molecule is C=C(O)C(CC(=O)N1CCC(=C2c3ccccc3CCc3ccccc32)CC1)NC(=O)CC(C)(C)C. The first-order valence-corrected chi connectivity index (χ1v) is 13.0. The molecule has 0 aromatic heterocycles. The van der Waals surface area contributed by atoms with E-state index in [1.165, 1.54) is 33.4 Å². The number of fused-ring (bicyclic) bond motifs is 2. The second kappa shape index (κ2) is 10.7. The Balaban J connectivity index is 1.49. The smallest absolute Gasteiger partial charge is 0.225 e. The summed E-state index contributed by atoms with van der Waals surface area (Å²) in [7, 11) is 0. The van der Waals surface area contributed by atoms with Crippen LogP contribution in [0.25, 0.3) is 5.57 Å². The number of aliphatic hydroxyl groups is 1. The van der Waals surface area contributed by atoms with E-state index in [0.717, 1.165) is 25.7 Å². The van der Waals surface area contributed by atoms with Gasteiger partial charge in [-0.2, -0.15) is 0 Å². The van der Waals surface area contributed by atoms with Crippen molar-refractivity contribution >= 4 is 17.4 Å². The lowest BCUT2D eigenvalue weighted by atomic mass is 9.86. The van der Waals surface area contributed by atoms with Gasteiger partial charge in [0.25, 0.3) is 0 Å². The maximum absolute atomic E-state index is 13.1. The molecule has 1 atom stereocenters. The first kappa shape index (κ1) is 25.7. The number of piperidine rings is 1. The Morgan fingerprint density at radius 3 is 1.97 bits per heavy atom. The zero-order valence-corrected chi connectivity index (χ0v) is 21.8. The minimum Gasteiger partial charge on any atom is -0.511 e. The highest BCUT2D eigenvalue weighted by Crippen LogP contribution is 2.38. The summed E-state index contributed by atoms with van der Waals surface area (Å²) in [6.07, 6.45) is 4.01. The van der Waals surface area contributed by atoms with Crippen molar-refractivity contribution in [2.45, 2.75) is 65.3 Å². The zero-order valence-electron chi connectivity index (χ0n) is 21.8. The topological polar surface area (TPSA) is 69.6 Å². The summed E-state index contributed by atoms with van der Waals surface area (Å²) < 4.78 is 0. The van der Waals surface area contributed by atoms with Gasteiger partial charge in [-0.1, -0.05) is 81.5 Å². The molecule has 2 aromatic rings. The van der Waals surface area contributed by atoms with Crippen molar-refractivity contribution in [2.75, 3.05) is 13.1 Å². The van der Waals surface area contributed by atoms with Gasteiger partial charge >= 0.3 is 0 Å². The molecule has 0 spiro atoms. The fraction of sp³-hybridized carbons (Fsp3) is 0.419. The van der Waals surface area contributed by atoms with Crippen molar-refractivity contribution < 1.29 is 14.7 Å².